The maximum absolute atomic E-state index is 14.3. The Balaban J connectivity index is 1.27. The molecule has 1 amide bonds. The van der Waals surface area contributed by atoms with Crippen molar-refractivity contribution in [1.82, 2.24) is 14.8 Å². The molecule has 4 saturated carbocycles. The SMILES string of the molecule is COc1ccc(C23CCC(CN(C(=O)C4CCC(N)CC4)c4cc(-c5cnn(C(C)C)c5)ccn4)(CC2)CC3)cc1C. The van der Waals surface area contributed by atoms with Gasteiger partial charge >= 0.3 is 0 Å². The van der Waals surface area contributed by atoms with Gasteiger partial charge in [-0.05, 0) is 131 Å². The fraction of sp³-hybridized carbons (Fsp3) is 0.571. The molecule has 0 unspecified atom stereocenters. The van der Waals surface area contributed by atoms with Gasteiger partial charge in [-0.25, -0.2) is 4.98 Å². The van der Waals surface area contributed by atoms with Crippen molar-refractivity contribution in [3.05, 3.63) is 60.0 Å². The summed E-state index contributed by atoms with van der Waals surface area (Å²) in [4.78, 5) is 21.2. The molecule has 4 fully saturated rings. The number of benzene rings is 1. The van der Waals surface area contributed by atoms with Gasteiger partial charge in [0.1, 0.15) is 11.6 Å². The number of amides is 1. The van der Waals surface area contributed by atoms with Gasteiger partial charge in [0, 0.05) is 42.5 Å². The monoisotopic (exact) mass is 569 g/mol. The molecule has 1 aromatic carbocycles. The third kappa shape index (κ3) is 5.48. The van der Waals surface area contributed by atoms with Gasteiger partial charge in [-0.1, -0.05) is 12.1 Å². The molecule has 0 spiro atoms. The first-order valence-corrected chi connectivity index (χ1v) is 15.9. The molecule has 2 aromatic heterocycles. The van der Waals surface area contributed by atoms with E-state index >= 15 is 0 Å². The fourth-order valence-electron chi connectivity index (χ4n) is 7.85. The molecule has 3 aromatic rings. The number of carbonyl (C=O) groups excluding carboxylic acids is 1. The van der Waals surface area contributed by atoms with Crippen LogP contribution in [0.3, 0.4) is 0 Å². The number of nitrogens with two attached hydrogens (primary N) is 1. The molecule has 4 aliphatic carbocycles. The molecule has 0 saturated heterocycles. The summed E-state index contributed by atoms with van der Waals surface area (Å²) >= 11 is 0. The Kier molecular flexibility index (Phi) is 7.90. The Bertz CT molecular complexity index is 1400. The molecule has 0 aliphatic heterocycles. The second-order valence-electron chi connectivity index (χ2n) is 13.7. The lowest BCUT2D eigenvalue weighted by molar-refractivity contribution is -0.124. The number of nitrogens with zero attached hydrogens (tertiary/aromatic N) is 4. The lowest BCUT2D eigenvalue weighted by Crippen LogP contribution is -2.52. The minimum Gasteiger partial charge on any atom is -0.496 e. The number of ether oxygens (including phenoxy) is 1. The zero-order valence-electron chi connectivity index (χ0n) is 25.8. The predicted octanol–water partition coefficient (Wildman–Crippen LogP) is 6.99. The zero-order chi connectivity index (χ0) is 29.5. The van der Waals surface area contributed by atoms with E-state index in [-0.39, 0.29) is 28.7 Å². The van der Waals surface area contributed by atoms with Crippen LogP contribution in [0.1, 0.15) is 95.2 Å². The number of pyridine rings is 1. The van der Waals surface area contributed by atoms with E-state index < -0.39 is 0 Å². The third-order valence-corrected chi connectivity index (χ3v) is 10.8. The van der Waals surface area contributed by atoms with E-state index in [2.05, 4.69) is 61.2 Å². The maximum Gasteiger partial charge on any atom is 0.231 e. The van der Waals surface area contributed by atoms with Gasteiger partial charge in [-0.3, -0.25) is 14.4 Å². The molecule has 7 heteroatoms. The molecular weight excluding hydrogens is 522 g/mol. The largest absolute Gasteiger partial charge is 0.496 e. The highest BCUT2D eigenvalue weighted by Crippen LogP contribution is 2.58. The number of fused-ring (bicyclic) bond motifs is 3. The standard InChI is InChI=1S/C35H47N5O2/c1-24(2)40-22-28(21-38-40)27-11-18-37-32(20-27)39(33(41)26-5-8-30(36)9-6-26)23-34-12-15-35(16-13-34,17-14-34)29-7-10-31(42-4)25(3)19-29/h7,10-11,18-22,24,26,30H,5-6,8-9,12-17,23,36H2,1-4H3. The van der Waals surface area contributed by atoms with Crippen LogP contribution in [0.25, 0.3) is 11.1 Å². The van der Waals surface area contributed by atoms with Crippen LogP contribution < -0.4 is 15.4 Å². The van der Waals surface area contributed by atoms with Crippen LogP contribution in [0.15, 0.2) is 48.9 Å². The summed E-state index contributed by atoms with van der Waals surface area (Å²) < 4.78 is 7.51. The summed E-state index contributed by atoms with van der Waals surface area (Å²) in [5.41, 5.74) is 11.4. The summed E-state index contributed by atoms with van der Waals surface area (Å²) in [6, 6.07) is 11.4. The Morgan fingerprint density at radius 1 is 1.05 bits per heavy atom. The average molecular weight is 570 g/mol. The molecular formula is C35H47N5O2. The molecule has 224 valence electrons. The number of aromatic nitrogens is 3. The lowest BCUT2D eigenvalue weighted by Gasteiger charge is -2.55. The highest BCUT2D eigenvalue weighted by atomic mass is 16.5. The van der Waals surface area contributed by atoms with Gasteiger partial charge in [0.05, 0.1) is 13.3 Å². The van der Waals surface area contributed by atoms with Crippen molar-refractivity contribution in [2.45, 2.75) is 102 Å². The van der Waals surface area contributed by atoms with Gasteiger partial charge in [0.25, 0.3) is 0 Å². The number of aryl methyl sites for hydroxylation is 1. The minimum absolute atomic E-state index is 0.0175. The molecule has 2 heterocycles. The van der Waals surface area contributed by atoms with Crippen LogP contribution in [0.4, 0.5) is 5.82 Å². The second-order valence-corrected chi connectivity index (χ2v) is 13.7. The predicted molar refractivity (Wildman–Crippen MR) is 168 cm³/mol. The van der Waals surface area contributed by atoms with Crippen LogP contribution >= 0.6 is 0 Å². The van der Waals surface area contributed by atoms with Crippen LogP contribution in [-0.2, 0) is 10.2 Å². The fourth-order valence-corrected chi connectivity index (χ4v) is 7.85. The Labute approximate surface area is 250 Å². The number of anilines is 1. The number of hydrogen-bond donors (Lipinski definition) is 1. The highest BCUT2D eigenvalue weighted by molar-refractivity contribution is 5.95. The van der Waals surface area contributed by atoms with Gasteiger partial charge < -0.3 is 10.5 Å². The lowest BCUT2D eigenvalue weighted by atomic mass is 9.51. The minimum atomic E-state index is 0.0175. The first kappa shape index (κ1) is 28.9. The molecule has 42 heavy (non-hydrogen) atoms. The summed E-state index contributed by atoms with van der Waals surface area (Å²) in [6.45, 7) is 7.14. The second kappa shape index (κ2) is 11.5. The summed E-state index contributed by atoms with van der Waals surface area (Å²) in [5, 5.41) is 4.55. The van der Waals surface area contributed by atoms with Crippen molar-refractivity contribution in [2.75, 3.05) is 18.6 Å². The topological polar surface area (TPSA) is 86.3 Å². The number of rotatable bonds is 8. The van der Waals surface area contributed by atoms with Crippen molar-refractivity contribution in [3.8, 4) is 16.9 Å². The summed E-state index contributed by atoms with van der Waals surface area (Å²) in [6.07, 6.45) is 16.3. The molecule has 0 atom stereocenters. The zero-order valence-corrected chi connectivity index (χ0v) is 25.8. The number of hydrogen-bond acceptors (Lipinski definition) is 5. The smallest absolute Gasteiger partial charge is 0.231 e. The van der Waals surface area contributed by atoms with Gasteiger partial charge in [-0.2, -0.15) is 5.10 Å². The van der Waals surface area contributed by atoms with Gasteiger partial charge in [-0.15, -0.1) is 0 Å². The highest BCUT2D eigenvalue weighted by Gasteiger charge is 2.50. The van der Waals surface area contributed by atoms with Crippen LogP contribution in [0.2, 0.25) is 0 Å². The van der Waals surface area contributed by atoms with Gasteiger partial charge in [0.2, 0.25) is 5.91 Å². The van der Waals surface area contributed by atoms with E-state index in [1.165, 1.54) is 30.4 Å². The Morgan fingerprint density at radius 3 is 2.38 bits per heavy atom. The van der Waals surface area contributed by atoms with Crippen LogP contribution in [0, 0.1) is 18.3 Å². The van der Waals surface area contributed by atoms with E-state index in [4.69, 9.17) is 15.5 Å². The van der Waals surface area contributed by atoms with Crippen molar-refractivity contribution in [2.24, 2.45) is 17.1 Å². The number of methoxy groups -OCH3 is 1. The summed E-state index contributed by atoms with van der Waals surface area (Å²) in [7, 11) is 1.74. The van der Waals surface area contributed by atoms with E-state index in [0.29, 0.717) is 6.04 Å². The van der Waals surface area contributed by atoms with Crippen molar-refractivity contribution in [3.63, 3.8) is 0 Å². The van der Waals surface area contributed by atoms with Crippen molar-refractivity contribution in [1.29, 1.82) is 0 Å². The van der Waals surface area contributed by atoms with E-state index in [9.17, 15) is 4.79 Å². The Hall–Kier alpha value is -3.19. The molecule has 7 nitrogen and oxygen atoms in total. The van der Waals surface area contributed by atoms with Crippen LogP contribution in [0.5, 0.6) is 5.75 Å². The van der Waals surface area contributed by atoms with Crippen molar-refractivity contribution < 1.29 is 9.53 Å². The maximum atomic E-state index is 14.3. The quantitative estimate of drug-likeness (QED) is 0.316. The average Bonchev–Trinajstić information content (AvgIpc) is 3.52. The van der Waals surface area contributed by atoms with Gasteiger partial charge in [0.15, 0.2) is 0 Å². The van der Waals surface area contributed by atoms with Crippen molar-refractivity contribution >= 4 is 11.7 Å². The Morgan fingerprint density at radius 2 is 1.76 bits per heavy atom. The molecule has 2 N–H and O–H groups in total. The van der Waals surface area contributed by atoms with Crippen LogP contribution in [-0.4, -0.2) is 40.4 Å². The molecule has 2 bridgehead atoms. The molecule has 4 aliphatic rings. The summed E-state index contributed by atoms with van der Waals surface area (Å²) in [5.74, 6) is 1.98. The third-order valence-electron chi connectivity index (χ3n) is 10.8. The normalized spacial score (nSPS) is 27.3. The van der Waals surface area contributed by atoms with E-state index in [1.807, 2.05) is 23.1 Å². The first-order valence-electron chi connectivity index (χ1n) is 15.9. The number of carbonyl (C=O) groups is 1. The van der Waals surface area contributed by atoms with E-state index in [1.54, 1.807) is 7.11 Å². The molecule has 7 rings (SSSR count). The molecule has 0 radical (unpaired) electrons. The van der Waals surface area contributed by atoms with E-state index in [0.717, 1.165) is 74.2 Å². The first-order chi connectivity index (χ1) is 20.2.